The SMILES string of the molecule is [C-]#[N+]c1cccc(-c2cc(-c3ccc(-c4ccc(-c5ccc(-n6c7ccccc7c7cc(N(c8ccccc8)c8ccccc8)ccc76)cc5)c([N+]#[C-])c4)cc3)nc(-c3cccc([N+]#[C-])c3)n2)c1. The van der Waals surface area contributed by atoms with Crippen molar-refractivity contribution in [2.75, 3.05) is 4.90 Å². The summed E-state index contributed by atoms with van der Waals surface area (Å²) in [6.07, 6.45) is 0. The van der Waals surface area contributed by atoms with Crippen molar-refractivity contribution in [3.05, 3.63) is 259 Å². The van der Waals surface area contributed by atoms with Gasteiger partial charge in [0.25, 0.3) is 0 Å². The van der Waals surface area contributed by atoms with Gasteiger partial charge in [0.05, 0.1) is 42.1 Å². The molecule has 0 aliphatic carbocycles. The third kappa shape index (κ3) is 7.67. The zero-order chi connectivity index (χ0) is 46.0. The lowest BCUT2D eigenvalue weighted by atomic mass is 9.97. The minimum Gasteiger partial charge on any atom is -0.310 e. The maximum atomic E-state index is 8.24. The highest BCUT2D eigenvalue weighted by atomic mass is 15.1. The van der Waals surface area contributed by atoms with Gasteiger partial charge in [-0.3, -0.25) is 0 Å². The number of anilines is 3. The van der Waals surface area contributed by atoms with Crippen molar-refractivity contribution in [3.63, 3.8) is 0 Å². The van der Waals surface area contributed by atoms with Gasteiger partial charge in [-0.2, -0.15) is 0 Å². The van der Waals surface area contributed by atoms with Gasteiger partial charge >= 0.3 is 0 Å². The van der Waals surface area contributed by atoms with Crippen LogP contribution in [0.15, 0.2) is 224 Å². The Morgan fingerprint density at radius 1 is 0.368 bits per heavy atom. The van der Waals surface area contributed by atoms with E-state index in [0.717, 1.165) is 78.1 Å². The second-order valence-corrected chi connectivity index (χ2v) is 16.3. The summed E-state index contributed by atoms with van der Waals surface area (Å²) in [4.78, 5) is 23.4. The van der Waals surface area contributed by atoms with Crippen LogP contribution in [0.25, 0.3) is 98.2 Å². The molecule has 0 bridgehead atoms. The topological polar surface area (TPSA) is 47.0 Å². The summed E-state index contributed by atoms with van der Waals surface area (Å²) in [7, 11) is 0. The lowest BCUT2D eigenvalue weighted by molar-refractivity contribution is 1.18. The van der Waals surface area contributed by atoms with Crippen molar-refractivity contribution in [2.45, 2.75) is 0 Å². The van der Waals surface area contributed by atoms with Crippen LogP contribution < -0.4 is 4.90 Å². The Morgan fingerprint density at radius 2 is 0.941 bits per heavy atom. The number of hydrogen-bond donors (Lipinski definition) is 0. The molecule has 0 radical (unpaired) electrons. The highest BCUT2D eigenvalue weighted by Crippen LogP contribution is 2.41. The standard InChI is InChI=1S/C61H37N7/c1-62-47-16-12-14-45(36-47)57-40-56(65-61(66-57)46-15-13-17-48(37-46)63-2)43-26-24-41(25-27-43)44-30-34-53(58(38-44)64-3)42-28-31-51(32-29-42)68-59-23-11-10-22-54(59)55-39-52(33-35-60(55)68)67(49-18-6-4-7-19-49)50-20-8-5-9-21-50/h4-40H. The molecule has 0 unspecified atom stereocenters. The maximum absolute atomic E-state index is 8.24. The van der Waals surface area contributed by atoms with E-state index >= 15 is 0 Å². The summed E-state index contributed by atoms with van der Waals surface area (Å²) in [6.45, 7) is 23.3. The molecule has 0 aliphatic rings. The Kier molecular flexibility index (Phi) is 10.6. The molecule has 7 heteroatoms. The number of benzene rings is 9. The summed E-state index contributed by atoms with van der Waals surface area (Å²) < 4.78 is 2.32. The number of rotatable bonds is 9. The molecule has 0 amide bonds. The Hall–Kier alpha value is -9.87. The minimum absolute atomic E-state index is 0.490. The Bertz CT molecular complexity index is 3700. The number of aromatic nitrogens is 3. The highest BCUT2D eigenvalue weighted by molar-refractivity contribution is 6.10. The zero-order valence-corrected chi connectivity index (χ0v) is 36.5. The smallest absolute Gasteiger partial charge is 0.195 e. The van der Waals surface area contributed by atoms with E-state index < -0.39 is 0 Å². The molecule has 7 nitrogen and oxygen atoms in total. The van der Waals surface area contributed by atoms with Crippen LogP contribution in [0.1, 0.15) is 0 Å². The van der Waals surface area contributed by atoms with Gasteiger partial charge in [-0.15, -0.1) is 0 Å². The fraction of sp³-hybridized carbons (Fsp3) is 0. The van der Waals surface area contributed by atoms with E-state index in [9.17, 15) is 0 Å². The van der Waals surface area contributed by atoms with Gasteiger partial charge in [-0.05, 0) is 113 Å². The first-order valence-corrected chi connectivity index (χ1v) is 22.1. The quantitative estimate of drug-likeness (QED) is 0.136. The first-order valence-electron chi connectivity index (χ1n) is 22.1. The van der Waals surface area contributed by atoms with Crippen molar-refractivity contribution >= 4 is 55.9 Å². The summed E-state index contributed by atoms with van der Waals surface area (Å²) in [5.41, 5.74) is 15.7. The average Bonchev–Trinajstić information content (AvgIpc) is 3.75. The van der Waals surface area contributed by atoms with Crippen LogP contribution in [0.4, 0.5) is 34.1 Å². The summed E-state index contributed by atoms with van der Waals surface area (Å²) in [5.74, 6) is 0.490. The molecule has 2 aromatic heterocycles. The van der Waals surface area contributed by atoms with Crippen LogP contribution in [-0.2, 0) is 0 Å². The second kappa shape index (κ2) is 17.6. The van der Waals surface area contributed by atoms with Crippen molar-refractivity contribution < 1.29 is 0 Å². The predicted octanol–water partition coefficient (Wildman–Crippen LogP) is 17.0. The fourth-order valence-electron chi connectivity index (χ4n) is 8.97. The van der Waals surface area contributed by atoms with E-state index in [1.807, 2.05) is 84.9 Å². The van der Waals surface area contributed by atoms with Crippen molar-refractivity contribution in [1.82, 2.24) is 14.5 Å². The van der Waals surface area contributed by atoms with Crippen molar-refractivity contribution in [1.29, 1.82) is 0 Å². The lowest BCUT2D eigenvalue weighted by Crippen LogP contribution is -2.09. The van der Waals surface area contributed by atoms with Gasteiger partial charge in [-0.25, -0.2) is 24.5 Å². The van der Waals surface area contributed by atoms with Crippen LogP contribution in [0.5, 0.6) is 0 Å². The van der Waals surface area contributed by atoms with E-state index in [1.165, 1.54) is 5.39 Å². The van der Waals surface area contributed by atoms with E-state index in [0.29, 0.717) is 34.3 Å². The van der Waals surface area contributed by atoms with E-state index in [-0.39, 0.29) is 0 Å². The van der Waals surface area contributed by atoms with Crippen LogP contribution in [0.3, 0.4) is 0 Å². The molecule has 0 fully saturated rings. The zero-order valence-electron chi connectivity index (χ0n) is 36.5. The van der Waals surface area contributed by atoms with E-state index in [4.69, 9.17) is 29.7 Å². The number of hydrogen-bond acceptors (Lipinski definition) is 3. The van der Waals surface area contributed by atoms with Gasteiger partial charge in [-0.1, -0.05) is 140 Å². The van der Waals surface area contributed by atoms with E-state index in [1.54, 1.807) is 18.2 Å². The molecule has 316 valence electrons. The predicted molar refractivity (Wildman–Crippen MR) is 277 cm³/mol. The maximum Gasteiger partial charge on any atom is 0.195 e. The average molecular weight is 868 g/mol. The normalized spacial score (nSPS) is 10.9. The highest BCUT2D eigenvalue weighted by Gasteiger charge is 2.18. The van der Waals surface area contributed by atoms with Crippen molar-refractivity contribution in [2.24, 2.45) is 0 Å². The molecule has 11 rings (SSSR count). The largest absolute Gasteiger partial charge is 0.310 e. The van der Waals surface area contributed by atoms with Crippen LogP contribution in [0.2, 0.25) is 0 Å². The molecule has 11 aromatic rings. The molecule has 68 heavy (non-hydrogen) atoms. The Morgan fingerprint density at radius 3 is 1.62 bits per heavy atom. The summed E-state index contributed by atoms with van der Waals surface area (Å²) >= 11 is 0. The number of fused-ring (bicyclic) bond motifs is 3. The van der Waals surface area contributed by atoms with Crippen molar-refractivity contribution in [3.8, 4) is 61.8 Å². The number of para-hydroxylation sites is 3. The van der Waals surface area contributed by atoms with Crippen LogP contribution >= 0.6 is 0 Å². The van der Waals surface area contributed by atoms with E-state index in [2.05, 4.69) is 145 Å². The molecular formula is C61H37N7. The van der Waals surface area contributed by atoms with Gasteiger partial charge in [0.1, 0.15) is 0 Å². The van der Waals surface area contributed by atoms with Gasteiger partial charge in [0, 0.05) is 44.6 Å². The van der Waals surface area contributed by atoms with Gasteiger partial charge in [0.15, 0.2) is 22.9 Å². The fourth-order valence-corrected chi connectivity index (χ4v) is 8.97. The molecule has 0 saturated heterocycles. The first kappa shape index (κ1) is 40.9. The Labute approximate surface area is 394 Å². The summed E-state index contributed by atoms with van der Waals surface area (Å²) in [5, 5.41) is 2.34. The summed E-state index contributed by atoms with van der Waals surface area (Å²) in [6, 6.07) is 75.5. The molecule has 0 N–H and O–H groups in total. The number of nitrogens with zero attached hydrogens (tertiary/aromatic N) is 7. The third-order valence-electron chi connectivity index (χ3n) is 12.2. The Balaban J connectivity index is 0.902. The lowest BCUT2D eigenvalue weighted by Gasteiger charge is -2.25. The monoisotopic (exact) mass is 867 g/mol. The molecular weight excluding hydrogens is 831 g/mol. The molecule has 0 aliphatic heterocycles. The molecule has 9 aromatic carbocycles. The van der Waals surface area contributed by atoms with Crippen LogP contribution in [0, 0.1) is 19.7 Å². The third-order valence-corrected chi connectivity index (χ3v) is 12.2. The minimum atomic E-state index is 0.490. The van der Waals surface area contributed by atoms with Gasteiger partial charge < -0.3 is 9.47 Å². The molecule has 0 spiro atoms. The first-order chi connectivity index (χ1) is 33.5. The van der Waals surface area contributed by atoms with Gasteiger partial charge in [0.2, 0.25) is 0 Å². The molecule has 2 heterocycles. The van der Waals surface area contributed by atoms with Crippen LogP contribution in [-0.4, -0.2) is 14.5 Å². The molecule has 0 atom stereocenters. The second-order valence-electron chi connectivity index (χ2n) is 16.3. The molecule has 0 saturated carbocycles.